The highest BCUT2D eigenvalue weighted by molar-refractivity contribution is 6.31. The predicted molar refractivity (Wildman–Crippen MR) is 120 cm³/mol. The fourth-order valence-electron chi connectivity index (χ4n) is 4.32. The van der Waals surface area contributed by atoms with Gasteiger partial charge in [0.1, 0.15) is 17.4 Å². The number of hydrogen-bond acceptors (Lipinski definition) is 4. The molecule has 0 aliphatic carbocycles. The smallest absolute Gasteiger partial charge is 0.135 e. The molecule has 154 valence electrons. The molecule has 2 N–H and O–H groups in total. The lowest BCUT2D eigenvalue weighted by Crippen LogP contribution is -2.38. The molecule has 0 amide bonds. The number of anilines is 1. The quantitative estimate of drug-likeness (QED) is 0.721. The highest BCUT2D eigenvalue weighted by atomic mass is 35.5. The van der Waals surface area contributed by atoms with E-state index < -0.39 is 0 Å². The number of aliphatic imine (C=N–C) groups is 1. The van der Waals surface area contributed by atoms with Gasteiger partial charge in [-0.25, -0.2) is 4.98 Å². The standard InChI is InChI=1S/C23H29ClN4O/c1-3-4-9-28-10-5-6-18(14-28)25-21-12-16-7-8-19(26-23(16)27-21)22-15(2)11-17(24)13-20(22)29/h7-8,11,13,18,29H,3-6,9-10,12,14H2,1-2H3,(H,25,26,27). The average Bonchev–Trinajstić information content (AvgIpc) is 3.07. The van der Waals surface area contributed by atoms with Crippen molar-refractivity contribution in [1.29, 1.82) is 0 Å². The van der Waals surface area contributed by atoms with Crippen LogP contribution >= 0.6 is 11.6 Å². The number of rotatable bonds is 5. The van der Waals surface area contributed by atoms with Crippen molar-refractivity contribution in [2.45, 2.75) is 52.0 Å². The SMILES string of the molecule is CCCCN1CCCC(N=C2Cc3ccc(-c4c(C)cc(Cl)cc4O)nc3N2)C1. The Balaban J connectivity index is 1.50. The second-order valence-electron chi connectivity index (χ2n) is 8.15. The molecule has 0 saturated carbocycles. The van der Waals surface area contributed by atoms with Gasteiger partial charge in [-0.1, -0.05) is 31.0 Å². The molecule has 3 heterocycles. The van der Waals surface area contributed by atoms with Crippen LogP contribution in [0, 0.1) is 6.92 Å². The van der Waals surface area contributed by atoms with Crippen molar-refractivity contribution in [3.05, 3.63) is 40.4 Å². The lowest BCUT2D eigenvalue weighted by Gasteiger charge is -2.30. The Morgan fingerprint density at radius 3 is 3.00 bits per heavy atom. The summed E-state index contributed by atoms with van der Waals surface area (Å²) in [5.74, 6) is 2.00. The molecule has 5 nitrogen and oxygen atoms in total. The van der Waals surface area contributed by atoms with E-state index in [1.165, 1.54) is 32.4 Å². The first-order valence-electron chi connectivity index (χ1n) is 10.6. The number of fused-ring (bicyclic) bond motifs is 1. The number of amidine groups is 1. The summed E-state index contributed by atoms with van der Waals surface area (Å²) in [6.45, 7) is 7.61. The van der Waals surface area contributed by atoms with Gasteiger partial charge in [0.25, 0.3) is 0 Å². The summed E-state index contributed by atoms with van der Waals surface area (Å²) in [6.07, 6.45) is 5.66. The van der Waals surface area contributed by atoms with Crippen molar-refractivity contribution < 1.29 is 5.11 Å². The maximum absolute atomic E-state index is 10.4. The molecule has 2 aliphatic heterocycles. The Morgan fingerprint density at radius 2 is 2.21 bits per heavy atom. The van der Waals surface area contributed by atoms with Gasteiger partial charge in [-0.2, -0.15) is 0 Å². The number of aromatic nitrogens is 1. The molecule has 2 aromatic rings. The number of aromatic hydroxyl groups is 1. The van der Waals surface area contributed by atoms with E-state index in [2.05, 4.69) is 23.2 Å². The molecule has 6 heteroatoms. The number of unbranched alkanes of at least 4 members (excludes halogenated alkanes) is 1. The van der Waals surface area contributed by atoms with Gasteiger partial charge < -0.3 is 15.3 Å². The van der Waals surface area contributed by atoms with E-state index in [1.807, 2.05) is 19.1 Å². The number of hydrogen-bond donors (Lipinski definition) is 2. The fraction of sp³-hybridized carbons (Fsp3) is 0.478. The van der Waals surface area contributed by atoms with E-state index in [0.29, 0.717) is 11.1 Å². The Morgan fingerprint density at radius 1 is 1.34 bits per heavy atom. The summed E-state index contributed by atoms with van der Waals surface area (Å²) in [7, 11) is 0. The molecule has 4 rings (SSSR count). The average molecular weight is 413 g/mol. The minimum absolute atomic E-state index is 0.156. The van der Waals surface area contributed by atoms with E-state index >= 15 is 0 Å². The molecular weight excluding hydrogens is 384 g/mol. The maximum atomic E-state index is 10.4. The highest BCUT2D eigenvalue weighted by Crippen LogP contribution is 2.36. The first-order valence-corrected chi connectivity index (χ1v) is 11.0. The van der Waals surface area contributed by atoms with Gasteiger partial charge >= 0.3 is 0 Å². The number of likely N-dealkylation sites (tertiary alicyclic amines) is 1. The second-order valence-corrected chi connectivity index (χ2v) is 8.59. The van der Waals surface area contributed by atoms with Gasteiger partial charge in [0.15, 0.2) is 0 Å². The number of phenols is 1. The van der Waals surface area contributed by atoms with Crippen molar-refractivity contribution in [3.63, 3.8) is 0 Å². The molecule has 0 radical (unpaired) electrons. The molecule has 0 spiro atoms. The normalized spacial score (nSPS) is 20.7. The third kappa shape index (κ3) is 4.57. The first-order chi connectivity index (χ1) is 14.0. The van der Waals surface area contributed by atoms with Crippen LogP contribution in [0.4, 0.5) is 5.82 Å². The Labute approximate surface area is 177 Å². The first kappa shape index (κ1) is 20.2. The van der Waals surface area contributed by atoms with Crippen molar-refractivity contribution in [3.8, 4) is 17.0 Å². The Kier molecular flexibility index (Phi) is 6.07. The van der Waals surface area contributed by atoms with Crippen molar-refractivity contribution in [2.24, 2.45) is 4.99 Å². The van der Waals surface area contributed by atoms with Crippen LogP contribution in [0.3, 0.4) is 0 Å². The number of benzene rings is 1. The third-order valence-corrected chi connectivity index (χ3v) is 6.00. The minimum Gasteiger partial charge on any atom is -0.507 e. The van der Waals surface area contributed by atoms with Crippen LogP contribution in [0.25, 0.3) is 11.3 Å². The molecule has 2 aliphatic rings. The molecule has 1 aromatic heterocycles. The Bertz CT molecular complexity index is 904. The third-order valence-electron chi connectivity index (χ3n) is 5.78. The number of pyridine rings is 1. The number of halogens is 1. The minimum atomic E-state index is 0.156. The molecule has 1 atom stereocenters. The van der Waals surface area contributed by atoms with E-state index in [1.54, 1.807) is 6.07 Å². The number of nitrogens with one attached hydrogen (secondary N) is 1. The van der Waals surface area contributed by atoms with Crippen LogP contribution in [0.1, 0.15) is 43.7 Å². The molecule has 1 unspecified atom stereocenters. The van der Waals surface area contributed by atoms with Gasteiger partial charge in [0.05, 0.1) is 11.7 Å². The summed E-state index contributed by atoms with van der Waals surface area (Å²) in [5, 5.41) is 14.3. The zero-order valence-electron chi connectivity index (χ0n) is 17.2. The molecule has 0 bridgehead atoms. The monoisotopic (exact) mass is 412 g/mol. The van der Waals surface area contributed by atoms with Crippen molar-refractivity contribution >= 4 is 23.3 Å². The van der Waals surface area contributed by atoms with Gasteiger partial charge in [-0.05, 0) is 63.0 Å². The van der Waals surface area contributed by atoms with E-state index in [9.17, 15) is 5.11 Å². The summed E-state index contributed by atoms with van der Waals surface area (Å²) >= 11 is 6.04. The van der Waals surface area contributed by atoms with Gasteiger partial charge in [-0.3, -0.25) is 4.99 Å². The van der Waals surface area contributed by atoms with Crippen molar-refractivity contribution in [2.75, 3.05) is 25.0 Å². The molecule has 29 heavy (non-hydrogen) atoms. The largest absolute Gasteiger partial charge is 0.507 e. The van der Waals surface area contributed by atoms with Crippen LogP contribution in [-0.2, 0) is 6.42 Å². The van der Waals surface area contributed by atoms with Gasteiger partial charge in [0.2, 0.25) is 0 Å². The van der Waals surface area contributed by atoms with Crippen LogP contribution in [0.2, 0.25) is 5.02 Å². The topological polar surface area (TPSA) is 60.8 Å². The molecule has 1 saturated heterocycles. The van der Waals surface area contributed by atoms with Crippen LogP contribution in [0.5, 0.6) is 5.75 Å². The number of nitrogens with zero attached hydrogens (tertiary/aromatic N) is 3. The second kappa shape index (κ2) is 8.72. The van der Waals surface area contributed by atoms with Crippen LogP contribution in [0.15, 0.2) is 29.3 Å². The van der Waals surface area contributed by atoms with Crippen LogP contribution < -0.4 is 5.32 Å². The lowest BCUT2D eigenvalue weighted by molar-refractivity contribution is 0.207. The van der Waals surface area contributed by atoms with E-state index in [4.69, 9.17) is 21.6 Å². The predicted octanol–water partition coefficient (Wildman–Crippen LogP) is 5.05. The molecular formula is C23H29ClN4O. The zero-order chi connectivity index (χ0) is 20.4. The molecule has 1 fully saturated rings. The van der Waals surface area contributed by atoms with Gasteiger partial charge in [-0.15, -0.1) is 0 Å². The van der Waals surface area contributed by atoms with Crippen LogP contribution in [-0.4, -0.2) is 46.5 Å². The summed E-state index contributed by atoms with van der Waals surface area (Å²) in [4.78, 5) is 12.3. The van der Waals surface area contributed by atoms with E-state index in [-0.39, 0.29) is 5.75 Å². The Hall–Kier alpha value is -2.11. The number of piperidine rings is 1. The summed E-state index contributed by atoms with van der Waals surface area (Å²) < 4.78 is 0. The van der Waals surface area contributed by atoms with E-state index in [0.717, 1.165) is 53.4 Å². The van der Waals surface area contributed by atoms with Gasteiger partial charge in [0, 0.05) is 29.1 Å². The van der Waals surface area contributed by atoms with Crippen molar-refractivity contribution in [1.82, 2.24) is 9.88 Å². The lowest BCUT2D eigenvalue weighted by atomic mass is 10.0. The molecule has 1 aromatic carbocycles. The highest BCUT2D eigenvalue weighted by Gasteiger charge is 2.23. The number of aryl methyl sites for hydroxylation is 1. The summed E-state index contributed by atoms with van der Waals surface area (Å²) in [5.41, 5.74) is 3.52. The zero-order valence-corrected chi connectivity index (χ0v) is 18.0. The summed E-state index contributed by atoms with van der Waals surface area (Å²) in [6, 6.07) is 7.81. The fourth-order valence-corrected chi connectivity index (χ4v) is 4.58. The maximum Gasteiger partial charge on any atom is 0.135 e. The number of phenolic OH excluding ortho intramolecular Hbond substituents is 1.